The third kappa shape index (κ3) is 15.1. The maximum absolute atomic E-state index is 11.5. The molecule has 0 saturated carbocycles. The van der Waals surface area contributed by atoms with E-state index in [2.05, 4.69) is 13.0 Å². The van der Waals surface area contributed by atoms with E-state index in [9.17, 15) is 19.5 Å². The van der Waals surface area contributed by atoms with Crippen LogP contribution < -0.4 is 0 Å². The number of hydrogen-bond acceptors (Lipinski definition) is 3. The zero-order valence-electron chi connectivity index (χ0n) is 16.9. The fraction of sp³-hybridized carbons (Fsp3) is 0.773. The highest BCUT2D eigenvalue weighted by Gasteiger charge is 2.25. The number of hydrogen-bond donors (Lipinski definition) is 2. The molecule has 27 heavy (non-hydrogen) atoms. The highest BCUT2D eigenvalue weighted by molar-refractivity contribution is 5.74. The van der Waals surface area contributed by atoms with Crippen molar-refractivity contribution < 1.29 is 24.6 Å². The maximum Gasteiger partial charge on any atom is 0.307 e. The molecule has 2 unspecified atom stereocenters. The Hall–Kier alpha value is -1.65. The molecule has 0 aromatic rings. The van der Waals surface area contributed by atoms with Crippen LogP contribution in [0.5, 0.6) is 0 Å². The first-order valence-electron chi connectivity index (χ1n) is 10.6. The summed E-state index contributed by atoms with van der Waals surface area (Å²) in [5.74, 6) is -2.41. The van der Waals surface area contributed by atoms with Crippen LogP contribution in [0, 0.1) is 11.8 Å². The lowest BCUT2D eigenvalue weighted by Gasteiger charge is -2.19. The van der Waals surface area contributed by atoms with Gasteiger partial charge < -0.3 is 15.0 Å². The molecule has 0 rings (SSSR count). The Balaban J connectivity index is 4.33. The number of aldehydes is 1. The van der Waals surface area contributed by atoms with Gasteiger partial charge in [-0.05, 0) is 31.6 Å². The standard InChI is InChI=1S/C22H38O5/c1-2-3-4-5-6-8-11-14-19(20(17-18-23)22(26)27)15-12-9-7-10-13-16-21(24)25/h11,14,18-20H,2-10,12-13,15-17H2,1H3,(H,24,25)(H,26,27)/b14-11-. The van der Waals surface area contributed by atoms with Gasteiger partial charge in [0.15, 0.2) is 0 Å². The Labute approximate surface area is 164 Å². The van der Waals surface area contributed by atoms with Gasteiger partial charge in [-0.1, -0.05) is 70.4 Å². The molecule has 156 valence electrons. The first-order chi connectivity index (χ1) is 13.0. The summed E-state index contributed by atoms with van der Waals surface area (Å²) >= 11 is 0. The number of carbonyl (C=O) groups excluding carboxylic acids is 1. The van der Waals surface area contributed by atoms with E-state index >= 15 is 0 Å². The Morgan fingerprint density at radius 3 is 2.15 bits per heavy atom. The number of unbranched alkanes of at least 4 members (excludes halogenated alkanes) is 9. The second kappa shape index (κ2) is 17.7. The minimum Gasteiger partial charge on any atom is -0.481 e. The van der Waals surface area contributed by atoms with Gasteiger partial charge in [-0.15, -0.1) is 0 Å². The van der Waals surface area contributed by atoms with Crippen LogP contribution in [0.15, 0.2) is 12.2 Å². The molecule has 0 aliphatic heterocycles. The molecule has 0 fully saturated rings. The van der Waals surface area contributed by atoms with Crippen molar-refractivity contribution in [2.75, 3.05) is 0 Å². The van der Waals surface area contributed by atoms with Crippen LogP contribution in [0.4, 0.5) is 0 Å². The first-order valence-corrected chi connectivity index (χ1v) is 10.6. The first kappa shape index (κ1) is 25.4. The van der Waals surface area contributed by atoms with Crippen LogP contribution in [0.3, 0.4) is 0 Å². The highest BCUT2D eigenvalue weighted by atomic mass is 16.4. The number of carboxylic acids is 2. The van der Waals surface area contributed by atoms with Crippen molar-refractivity contribution in [3.8, 4) is 0 Å². The predicted octanol–water partition coefficient (Wildman–Crippen LogP) is 5.62. The van der Waals surface area contributed by atoms with Gasteiger partial charge >= 0.3 is 11.9 Å². The van der Waals surface area contributed by atoms with Crippen molar-refractivity contribution in [1.82, 2.24) is 0 Å². The fourth-order valence-electron chi connectivity index (χ4n) is 3.32. The molecule has 5 heteroatoms. The molecule has 0 saturated heterocycles. The average Bonchev–Trinajstić information content (AvgIpc) is 2.62. The van der Waals surface area contributed by atoms with Crippen molar-refractivity contribution in [2.45, 2.75) is 96.8 Å². The van der Waals surface area contributed by atoms with E-state index < -0.39 is 17.9 Å². The monoisotopic (exact) mass is 382 g/mol. The quantitative estimate of drug-likeness (QED) is 0.172. The van der Waals surface area contributed by atoms with Gasteiger partial charge in [-0.2, -0.15) is 0 Å². The van der Waals surface area contributed by atoms with Crippen LogP contribution in [-0.4, -0.2) is 28.4 Å². The van der Waals surface area contributed by atoms with Gasteiger partial charge in [0, 0.05) is 12.8 Å². The van der Waals surface area contributed by atoms with Crippen LogP contribution in [0.25, 0.3) is 0 Å². The average molecular weight is 383 g/mol. The van der Waals surface area contributed by atoms with Crippen LogP contribution in [0.2, 0.25) is 0 Å². The van der Waals surface area contributed by atoms with E-state index in [1.807, 2.05) is 6.08 Å². The summed E-state index contributed by atoms with van der Waals surface area (Å²) in [5, 5.41) is 18.1. The third-order valence-electron chi connectivity index (χ3n) is 4.97. The Morgan fingerprint density at radius 2 is 1.52 bits per heavy atom. The molecule has 2 atom stereocenters. The molecule has 5 nitrogen and oxygen atoms in total. The van der Waals surface area contributed by atoms with E-state index in [1.54, 1.807) is 0 Å². The molecule has 0 heterocycles. The normalized spacial score (nSPS) is 13.5. The van der Waals surface area contributed by atoms with E-state index in [0.29, 0.717) is 12.7 Å². The molecule has 2 N–H and O–H groups in total. The lowest BCUT2D eigenvalue weighted by molar-refractivity contribution is -0.144. The summed E-state index contributed by atoms with van der Waals surface area (Å²) in [4.78, 5) is 32.9. The summed E-state index contributed by atoms with van der Waals surface area (Å²) in [6.45, 7) is 2.19. The van der Waals surface area contributed by atoms with Gasteiger partial charge in [0.1, 0.15) is 6.29 Å². The van der Waals surface area contributed by atoms with E-state index in [1.165, 1.54) is 25.7 Å². The minimum atomic E-state index is -0.902. The molecule has 0 radical (unpaired) electrons. The lowest BCUT2D eigenvalue weighted by atomic mass is 9.85. The largest absolute Gasteiger partial charge is 0.481 e. The SMILES string of the molecule is CCCCCCC/C=C\C(CCCCCCCC(=O)O)C(CC=O)C(=O)O. The van der Waals surface area contributed by atoms with Gasteiger partial charge in [-0.3, -0.25) is 9.59 Å². The topological polar surface area (TPSA) is 91.7 Å². The Kier molecular flexibility index (Phi) is 16.7. The molecular formula is C22H38O5. The third-order valence-corrected chi connectivity index (χ3v) is 4.97. The summed E-state index contributed by atoms with van der Waals surface area (Å²) in [7, 11) is 0. The van der Waals surface area contributed by atoms with Crippen LogP contribution >= 0.6 is 0 Å². The van der Waals surface area contributed by atoms with Crippen molar-refractivity contribution in [1.29, 1.82) is 0 Å². The van der Waals surface area contributed by atoms with Crippen LogP contribution in [-0.2, 0) is 14.4 Å². The summed E-state index contributed by atoms with van der Waals surface area (Å²) < 4.78 is 0. The smallest absolute Gasteiger partial charge is 0.307 e. The second-order valence-corrected chi connectivity index (χ2v) is 7.34. The summed E-state index contributed by atoms with van der Waals surface area (Å²) in [6, 6.07) is 0. The molecule has 0 aliphatic rings. The fourth-order valence-corrected chi connectivity index (χ4v) is 3.32. The molecule has 0 amide bonds. The second-order valence-electron chi connectivity index (χ2n) is 7.34. The Bertz CT molecular complexity index is 430. The maximum atomic E-state index is 11.5. The highest BCUT2D eigenvalue weighted by Crippen LogP contribution is 2.24. The molecule has 0 aliphatic carbocycles. The van der Waals surface area contributed by atoms with E-state index in [-0.39, 0.29) is 18.8 Å². The number of aliphatic carboxylic acids is 2. The Morgan fingerprint density at radius 1 is 0.889 bits per heavy atom. The molecule has 0 aromatic carbocycles. The van der Waals surface area contributed by atoms with E-state index in [4.69, 9.17) is 5.11 Å². The summed E-state index contributed by atoms with van der Waals surface area (Å²) in [5.41, 5.74) is 0. The summed E-state index contributed by atoms with van der Waals surface area (Å²) in [6.07, 6.45) is 17.3. The van der Waals surface area contributed by atoms with Crippen molar-refractivity contribution in [2.24, 2.45) is 11.8 Å². The molecular weight excluding hydrogens is 344 g/mol. The van der Waals surface area contributed by atoms with Crippen molar-refractivity contribution in [3.05, 3.63) is 12.2 Å². The van der Waals surface area contributed by atoms with Crippen molar-refractivity contribution in [3.63, 3.8) is 0 Å². The molecule has 0 aromatic heterocycles. The zero-order chi connectivity index (χ0) is 20.3. The van der Waals surface area contributed by atoms with Crippen LogP contribution in [0.1, 0.15) is 96.8 Å². The number of allylic oxidation sites excluding steroid dienone is 2. The minimum absolute atomic E-state index is 0.0550. The number of carbonyl (C=O) groups is 3. The zero-order valence-corrected chi connectivity index (χ0v) is 16.9. The van der Waals surface area contributed by atoms with Gasteiger partial charge in [0.25, 0.3) is 0 Å². The van der Waals surface area contributed by atoms with Gasteiger partial charge in [0.2, 0.25) is 0 Å². The molecule has 0 bridgehead atoms. The predicted molar refractivity (Wildman–Crippen MR) is 108 cm³/mol. The molecule has 0 spiro atoms. The van der Waals surface area contributed by atoms with Gasteiger partial charge in [0.05, 0.1) is 5.92 Å². The number of rotatable bonds is 19. The van der Waals surface area contributed by atoms with Gasteiger partial charge in [-0.25, -0.2) is 0 Å². The number of carboxylic acid groups (broad SMARTS) is 2. The van der Waals surface area contributed by atoms with E-state index in [0.717, 1.165) is 44.9 Å². The van der Waals surface area contributed by atoms with Crippen molar-refractivity contribution >= 4 is 18.2 Å². The lowest BCUT2D eigenvalue weighted by Crippen LogP contribution is -2.23.